The number of nitrogens with zero attached hydrogens (tertiary/aromatic N) is 1. The van der Waals surface area contributed by atoms with Crippen LogP contribution in [0.25, 0.3) is 12.2 Å². The molecule has 1 heterocycles. The Balaban J connectivity index is 2.64. The van der Waals surface area contributed by atoms with Crippen LogP contribution in [0.1, 0.15) is 23.6 Å². The highest BCUT2D eigenvalue weighted by molar-refractivity contribution is 5.82. The summed E-state index contributed by atoms with van der Waals surface area (Å²) in [5.74, 6) is 0. The van der Waals surface area contributed by atoms with Crippen molar-refractivity contribution in [2.24, 2.45) is 4.99 Å². The van der Waals surface area contributed by atoms with Crippen LogP contribution in [0.4, 0.5) is 5.69 Å². The third-order valence-electron chi connectivity index (χ3n) is 2.45. The van der Waals surface area contributed by atoms with E-state index in [0.29, 0.717) is 0 Å². The first-order valence-corrected chi connectivity index (χ1v) is 4.80. The first-order valence-electron chi connectivity index (χ1n) is 4.80. The van der Waals surface area contributed by atoms with Crippen molar-refractivity contribution < 1.29 is 0 Å². The molecule has 0 saturated heterocycles. The molecule has 1 nitrogen and oxygen atoms in total. The maximum atomic E-state index is 4.32. The Hall–Kier alpha value is -1.63. The lowest BCUT2D eigenvalue weighted by molar-refractivity contribution is 1.38. The fourth-order valence-corrected chi connectivity index (χ4v) is 1.78. The summed E-state index contributed by atoms with van der Waals surface area (Å²) in [4.78, 5) is 4.32. The molecule has 0 atom stereocenters. The molecule has 2 rings (SSSR count). The Kier molecular flexibility index (Phi) is 2.32. The summed E-state index contributed by atoms with van der Waals surface area (Å²) in [6.45, 7) is 5.85. The van der Waals surface area contributed by atoms with Gasteiger partial charge in [0.2, 0.25) is 0 Å². The monoisotopic (exact) mass is 183 g/mol. The smallest absolute Gasteiger partial charge is 0.0667 e. The van der Waals surface area contributed by atoms with Crippen LogP contribution in [0, 0.1) is 0 Å². The second-order valence-corrected chi connectivity index (χ2v) is 3.29. The van der Waals surface area contributed by atoms with Gasteiger partial charge in [-0.3, -0.25) is 4.99 Å². The van der Waals surface area contributed by atoms with Crippen molar-refractivity contribution in [1.29, 1.82) is 0 Å². The summed E-state index contributed by atoms with van der Waals surface area (Å²) >= 11 is 0. The number of rotatable bonds is 2. The number of benzene rings is 1. The van der Waals surface area contributed by atoms with E-state index >= 15 is 0 Å². The van der Waals surface area contributed by atoms with Crippen LogP contribution in [0.15, 0.2) is 29.8 Å². The average molecular weight is 183 g/mol. The molecule has 70 valence electrons. The molecule has 14 heavy (non-hydrogen) atoms. The van der Waals surface area contributed by atoms with Gasteiger partial charge in [0.05, 0.1) is 5.69 Å². The van der Waals surface area contributed by atoms with Crippen molar-refractivity contribution in [3.05, 3.63) is 41.5 Å². The lowest BCUT2D eigenvalue weighted by Gasteiger charge is -2.07. The van der Waals surface area contributed by atoms with Crippen LogP contribution in [-0.2, 0) is 6.42 Å². The summed E-state index contributed by atoms with van der Waals surface area (Å²) in [5, 5.41) is 0. The van der Waals surface area contributed by atoms with E-state index in [4.69, 9.17) is 0 Å². The third kappa shape index (κ3) is 1.31. The van der Waals surface area contributed by atoms with Gasteiger partial charge in [-0.25, -0.2) is 0 Å². The first kappa shape index (κ1) is 8.95. The first-order chi connectivity index (χ1) is 6.86. The summed E-state index contributed by atoms with van der Waals surface area (Å²) < 4.78 is 0. The van der Waals surface area contributed by atoms with E-state index in [9.17, 15) is 0 Å². The topological polar surface area (TPSA) is 12.4 Å². The van der Waals surface area contributed by atoms with Crippen molar-refractivity contribution in [1.82, 2.24) is 0 Å². The van der Waals surface area contributed by atoms with Gasteiger partial charge in [0.1, 0.15) is 0 Å². The molecular formula is C13H13N. The quantitative estimate of drug-likeness (QED) is 0.664. The van der Waals surface area contributed by atoms with Gasteiger partial charge >= 0.3 is 0 Å². The number of hydrogen-bond acceptors (Lipinski definition) is 1. The minimum atomic E-state index is 0.941. The molecule has 1 aliphatic heterocycles. The van der Waals surface area contributed by atoms with Gasteiger partial charge in [0.15, 0.2) is 0 Å². The second-order valence-electron chi connectivity index (χ2n) is 3.29. The minimum Gasteiger partial charge on any atom is -0.261 e. The van der Waals surface area contributed by atoms with E-state index in [1.54, 1.807) is 0 Å². The lowest BCUT2D eigenvalue weighted by atomic mass is 9.98. The van der Waals surface area contributed by atoms with E-state index in [-0.39, 0.29) is 0 Å². The molecule has 0 aromatic heterocycles. The van der Waals surface area contributed by atoms with Gasteiger partial charge in [0, 0.05) is 12.6 Å². The van der Waals surface area contributed by atoms with Crippen molar-refractivity contribution in [3.63, 3.8) is 0 Å². The number of aliphatic imine (C=N–C) groups is 1. The fourth-order valence-electron chi connectivity index (χ4n) is 1.78. The number of hydrogen-bond donors (Lipinski definition) is 0. The second kappa shape index (κ2) is 3.62. The maximum absolute atomic E-state index is 4.32. The number of allylic oxidation sites excluding steroid dienone is 1. The molecule has 1 aromatic rings. The van der Waals surface area contributed by atoms with Crippen LogP contribution in [0.2, 0.25) is 0 Å². The van der Waals surface area contributed by atoms with Gasteiger partial charge in [0.25, 0.3) is 0 Å². The predicted molar refractivity (Wildman–Crippen MR) is 63.1 cm³/mol. The Labute approximate surface area is 84.5 Å². The Morgan fingerprint density at radius 2 is 2.29 bits per heavy atom. The highest BCUT2D eigenvalue weighted by Gasteiger charge is 2.11. The zero-order valence-corrected chi connectivity index (χ0v) is 8.33. The van der Waals surface area contributed by atoms with E-state index in [1.165, 1.54) is 16.7 Å². The largest absolute Gasteiger partial charge is 0.261 e. The van der Waals surface area contributed by atoms with Crippen LogP contribution >= 0.6 is 0 Å². The molecule has 0 fully saturated rings. The molecule has 0 unspecified atom stereocenters. The molecular weight excluding hydrogens is 170 g/mol. The van der Waals surface area contributed by atoms with Gasteiger partial charge in [-0.15, -0.1) is 0 Å². The highest BCUT2D eigenvalue weighted by atomic mass is 14.7. The van der Waals surface area contributed by atoms with Crippen molar-refractivity contribution in [2.45, 2.75) is 13.3 Å². The molecule has 0 saturated carbocycles. The molecule has 1 heteroatoms. The van der Waals surface area contributed by atoms with Crippen LogP contribution in [0.3, 0.4) is 0 Å². The Morgan fingerprint density at radius 3 is 3.00 bits per heavy atom. The third-order valence-corrected chi connectivity index (χ3v) is 2.45. The van der Waals surface area contributed by atoms with E-state index < -0.39 is 0 Å². The van der Waals surface area contributed by atoms with Gasteiger partial charge < -0.3 is 0 Å². The van der Waals surface area contributed by atoms with E-state index in [2.05, 4.69) is 35.9 Å². The SMILES string of the molecule is C=Cc1ccc2c(c1/C=C\C)CC=N2. The van der Waals surface area contributed by atoms with Gasteiger partial charge in [-0.2, -0.15) is 0 Å². The molecule has 1 aromatic carbocycles. The standard InChI is InChI=1S/C13H13N/c1-3-5-11-10(4-2)6-7-13-12(11)8-9-14-13/h3-7,9H,2,8H2,1H3/b5-3-. The summed E-state index contributed by atoms with van der Waals surface area (Å²) in [6, 6.07) is 4.13. The van der Waals surface area contributed by atoms with Crippen LogP contribution < -0.4 is 0 Å². The zero-order chi connectivity index (χ0) is 9.97. The maximum Gasteiger partial charge on any atom is 0.0667 e. The lowest BCUT2D eigenvalue weighted by Crippen LogP contribution is -1.89. The molecule has 0 bridgehead atoms. The Bertz CT molecular complexity index is 425. The summed E-state index contributed by atoms with van der Waals surface area (Å²) in [6.07, 6.45) is 8.99. The molecule has 0 aliphatic carbocycles. The van der Waals surface area contributed by atoms with Crippen molar-refractivity contribution in [2.75, 3.05) is 0 Å². The molecule has 0 radical (unpaired) electrons. The highest BCUT2D eigenvalue weighted by Crippen LogP contribution is 2.31. The van der Waals surface area contributed by atoms with Gasteiger partial charge in [-0.05, 0) is 29.7 Å². The van der Waals surface area contributed by atoms with Gasteiger partial charge in [-0.1, -0.05) is 30.9 Å². The predicted octanol–water partition coefficient (Wildman–Crippen LogP) is 3.62. The molecule has 1 aliphatic rings. The molecule has 0 N–H and O–H groups in total. The van der Waals surface area contributed by atoms with Crippen LogP contribution in [0.5, 0.6) is 0 Å². The zero-order valence-electron chi connectivity index (χ0n) is 8.33. The normalized spacial score (nSPS) is 13.5. The average Bonchev–Trinajstić information content (AvgIpc) is 2.67. The molecule has 0 spiro atoms. The van der Waals surface area contributed by atoms with Crippen LogP contribution in [-0.4, -0.2) is 6.21 Å². The van der Waals surface area contributed by atoms with E-state index in [0.717, 1.165) is 12.1 Å². The van der Waals surface area contributed by atoms with Crippen molar-refractivity contribution in [3.8, 4) is 0 Å². The van der Waals surface area contributed by atoms with E-state index in [1.807, 2.05) is 19.2 Å². The Morgan fingerprint density at radius 1 is 1.43 bits per heavy atom. The summed E-state index contributed by atoms with van der Waals surface area (Å²) in [5.41, 5.74) is 4.87. The van der Waals surface area contributed by atoms with Crippen molar-refractivity contribution >= 4 is 24.1 Å². The fraction of sp³-hybridized carbons (Fsp3) is 0.154. The summed E-state index contributed by atoms with van der Waals surface area (Å²) in [7, 11) is 0. The minimum absolute atomic E-state index is 0.941. The number of fused-ring (bicyclic) bond motifs is 1. The molecule has 0 amide bonds.